The van der Waals surface area contributed by atoms with Crippen LogP contribution in [-0.4, -0.2) is 42.9 Å². The van der Waals surface area contributed by atoms with Gasteiger partial charge >= 0.3 is 5.97 Å². The van der Waals surface area contributed by atoms with Crippen molar-refractivity contribution in [1.82, 2.24) is 5.32 Å². The summed E-state index contributed by atoms with van der Waals surface area (Å²) in [5.74, 6) is -1.72. The van der Waals surface area contributed by atoms with E-state index in [1.54, 1.807) is 13.8 Å². The van der Waals surface area contributed by atoms with E-state index >= 15 is 0 Å². The maximum absolute atomic E-state index is 11.3. The molecule has 94 valence electrons. The molecule has 7 heteroatoms. The Labute approximate surface area is 95.0 Å². The summed E-state index contributed by atoms with van der Waals surface area (Å²) >= 11 is 0. The first-order valence-electron chi connectivity index (χ1n) is 4.72. The number of aliphatic carboxylic acids is 1. The van der Waals surface area contributed by atoms with Gasteiger partial charge in [0.2, 0.25) is 5.91 Å². The van der Waals surface area contributed by atoms with Crippen molar-refractivity contribution in [2.24, 2.45) is 0 Å². The topological polar surface area (TPSA) is 101 Å². The van der Waals surface area contributed by atoms with E-state index < -0.39 is 27.3 Å². The van der Waals surface area contributed by atoms with Crippen LogP contribution in [0.15, 0.2) is 0 Å². The molecule has 0 bridgehead atoms. The van der Waals surface area contributed by atoms with E-state index in [2.05, 4.69) is 5.32 Å². The third-order valence-electron chi connectivity index (χ3n) is 1.77. The van der Waals surface area contributed by atoms with Gasteiger partial charge in [-0.1, -0.05) is 0 Å². The summed E-state index contributed by atoms with van der Waals surface area (Å²) in [5, 5.41) is 11.0. The van der Waals surface area contributed by atoms with Crippen LogP contribution >= 0.6 is 0 Å². The van der Waals surface area contributed by atoms with Gasteiger partial charge in [0, 0.05) is 18.2 Å². The Morgan fingerprint density at radius 1 is 1.31 bits per heavy atom. The molecular weight excluding hydrogens is 234 g/mol. The Balaban J connectivity index is 4.19. The van der Waals surface area contributed by atoms with E-state index in [1.165, 1.54) is 0 Å². The first kappa shape index (κ1) is 14.9. The maximum atomic E-state index is 11.3. The number of carboxylic acid groups (broad SMARTS) is 1. The molecule has 0 aromatic rings. The molecule has 6 nitrogen and oxygen atoms in total. The normalized spacial score (nSPS) is 12.2. The zero-order valence-corrected chi connectivity index (χ0v) is 10.4. The van der Waals surface area contributed by atoms with Gasteiger partial charge in [0.15, 0.2) is 0 Å². The minimum absolute atomic E-state index is 0.151. The van der Waals surface area contributed by atoms with E-state index in [4.69, 9.17) is 5.11 Å². The highest BCUT2D eigenvalue weighted by Crippen LogP contribution is 2.08. The molecule has 0 spiro atoms. The van der Waals surface area contributed by atoms with E-state index in [0.717, 1.165) is 6.26 Å². The number of rotatable bonds is 6. The average Bonchev–Trinajstić information content (AvgIpc) is 1.95. The first-order valence-corrected chi connectivity index (χ1v) is 6.78. The molecule has 0 saturated heterocycles. The van der Waals surface area contributed by atoms with Gasteiger partial charge in [-0.05, 0) is 13.8 Å². The quantitative estimate of drug-likeness (QED) is 0.680. The molecule has 0 heterocycles. The molecule has 0 atom stereocenters. The molecule has 0 aliphatic rings. The largest absolute Gasteiger partial charge is 0.481 e. The van der Waals surface area contributed by atoms with Crippen molar-refractivity contribution >= 4 is 21.7 Å². The molecule has 0 aromatic carbocycles. The van der Waals surface area contributed by atoms with Crippen molar-refractivity contribution in [2.45, 2.75) is 32.2 Å². The fraction of sp³-hybridized carbons (Fsp3) is 0.778. The van der Waals surface area contributed by atoms with Crippen molar-refractivity contribution in [3.8, 4) is 0 Å². The fourth-order valence-corrected chi connectivity index (χ4v) is 1.70. The molecule has 0 unspecified atom stereocenters. The minimum Gasteiger partial charge on any atom is -0.481 e. The van der Waals surface area contributed by atoms with Crippen molar-refractivity contribution < 1.29 is 23.1 Å². The van der Waals surface area contributed by atoms with E-state index in [9.17, 15) is 18.0 Å². The third-order valence-corrected chi connectivity index (χ3v) is 2.72. The van der Waals surface area contributed by atoms with Crippen LogP contribution in [0.5, 0.6) is 0 Å². The summed E-state index contributed by atoms with van der Waals surface area (Å²) in [4.78, 5) is 21.8. The Kier molecular flexibility index (Phi) is 4.92. The van der Waals surface area contributed by atoms with Gasteiger partial charge in [0.05, 0.1) is 12.2 Å². The van der Waals surface area contributed by atoms with E-state index in [-0.39, 0.29) is 18.6 Å². The maximum Gasteiger partial charge on any atom is 0.305 e. The first-order chi connectivity index (χ1) is 7.02. The smallest absolute Gasteiger partial charge is 0.305 e. The van der Waals surface area contributed by atoms with Crippen LogP contribution in [-0.2, 0) is 19.4 Å². The van der Waals surface area contributed by atoms with Crippen LogP contribution in [0, 0.1) is 0 Å². The lowest BCUT2D eigenvalue weighted by molar-refractivity contribution is -0.138. The second-order valence-electron chi connectivity index (χ2n) is 4.38. The van der Waals surface area contributed by atoms with Crippen LogP contribution in [0.4, 0.5) is 0 Å². The van der Waals surface area contributed by atoms with Crippen LogP contribution in [0.3, 0.4) is 0 Å². The molecule has 0 radical (unpaired) electrons. The van der Waals surface area contributed by atoms with E-state index in [1.807, 2.05) is 0 Å². The van der Waals surface area contributed by atoms with Crippen molar-refractivity contribution in [1.29, 1.82) is 0 Å². The fourth-order valence-electron chi connectivity index (χ4n) is 1.14. The number of amides is 1. The van der Waals surface area contributed by atoms with Gasteiger partial charge in [0.25, 0.3) is 0 Å². The molecule has 16 heavy (non-hydrogen) atoms. The Morgan fingerprint density at radius 3 is 2.19 bits per heavy atom. The zero-order chi connectivity index (χ0) is 13.0. The van der Waals surface area contributed by atoms with Gasteiger partial charge in [-0.25, -0.2) is 8.42 Å². The summed E-state index contributed by atoms with van der Waals surface area (Å²) in [5.41, 5.74) is -0.875. The van der Waals surface area contributed by atoms with Gasteiger partial charge in [0.1, 0.15) is 9.84 Å². The van der Waals surface area contributed by atoms with Crippen molar-refractivity contribution in [3.05, 3.63) is 0 Å². The second-order valence-corrected chi connectivity index (χ2v) is 6.64. The number of carbonyl (C=O) groups is 2. The highest BCUT2D eigenvalue weighted by molar-refractivity contribution is 7.90. The van der Waals surface area contributed by atoms with Crippen LogP contribution < -0.4 is 5.32 Å². The second kappa shape index (κ2) is 5.29. The summed E-state index contributed by atoms with van der Waals surface area (Å²) < 4.78 is 21.6. The standard InChI is InChI=1S/C9H17NO5S/c1-9(2,6-8(12)13)10-7(11)4-5-16(3,14)15/h4-6H2,1-3H3,(H,10,11)(H,12,13). The third kappa shape index (κ3) is 8.22. The minimum atomic E-state index is -3.17. The predicted molar refractivity (Wildman–Crippen MR) is 58.8 cm³/mol. The van der Waals surface area contributed by atoms with Gasteiger partial charge < -0.3 is 10.4 Å². The van der Waals surface area contributed by atoms with Gasteiger partial charge in [-0.2, -0.15) is 0 Å². The molecule has 0 aromatic heterocycles. The predicted octanol–water partition coefficient (Wildman–Crippen LogP) is -0.209. The zero-order valence-electron chi connectivity index (χ0n) is 9.61. The van der Waals surface area contributed by atoms with Crippen LogP contribution in [0.25, 0.3) is 0 Å². The summed E-state index contributed by atoms with van der Waals surface area (Å²) in [6.07, 6.45) is 0.683. The van der Waals surface area contributed by atoms with Crippen molar-refractivity contribution in [2.75, 3.05) is 12.0 Å². The Hall–Kier alpha value is -1.11. The number of hydrogen-bond acceptors (Lipinski definition) is 4. The Morgan fingerprint density at radius 2 is 1.81 bits per heavy atom. The van der Waals surface area contributed by atoms with E-state index in [0.29, 0.717) is 0 Å². The lowest BCUT2D eigenvalue weighted by Crippen LogP contribution is -2.45. The molecule has 0 rings (SSSR count). The van der Waals surface area contributed by atoms with Crippen molar-refractivity contribution in [3.63, 3.8) is 0 Å². The molecule has 1 amide bonds. The lowest BCUT2D eigenvalue weighted by Gasteiger charge is -2.24. The van der Waals surface area contributed by atoms with Gasteiger partial charge in [-0.15, -0.1) is 0 Å². The van der Waals surface area contributed by atoms with Crippen LogP contribution in [0.2, 0.25) is 0 Å². The number of hydrogen-bond donors (Lipinski definition) is 2. The molecule has 0 aliphatic carbocycles. The Bertz CT molecular complexity index is 371. The number of carbonyl (C=O) groups excluding carboxylic acids is 1. The molecule has 0 aliphatic heterocycles. The monoisotopic (exact) mass is 251 g/mol. The molecule has 0 fully saturated rings. The summed E-state index contributed by atoms with van der Waals surface area (Å²) in [6, 6.07) is 0. The SMILES string of the molecule is CC(C)(CC(=O)O)NC(=O)CCS(C)(=O)=O. The van der Waals surface area contributed by atoms with Crippen LogP contribution in [0.1, 0.15) is 26.7 Å². The number of nitrogens with one attached hydrogen (secondary N) is 1. The summed E-state index contributed by atoms with van der Waals surface area (Å²) in [6.45, 7) is 3.14. The highest BCUT2D eigenvalue weighted by atomic mass is 32.2. The number of carboxylic acids is 1. The molecule has 2 N–H and O–H groups in total. The average molecular weight is 251 g/mol. The van der Waals surface area contributed by atoms with Gasteiger partial charge in [-0.3, -0.25) is 9.59 Å². The highest BCUT2D eigenvalue weighted by Gasteiger charge is 2.23. The summed E-state index contributed by atoms with van der Waals surface area (Å²) in [7, 11) is -3.17. The molecule has 0 saturated carbocycles. The lowest BCUT2D eigenvalue weighted by atomic mass is 10.0. The number of sulfone groups is 1. The molecular formula is C9H17NO5S.